The molecule has 0 unspecified atom stereocenters. The lowest BCUT2D eigenvalue weighted by Crippen LogP contribution is -2.39. The fourth-order valence-electron chi connectivity index (χ4n) is 5.28. The number of rotatable bonds is 4. The zero-order valence-electron chi connectivity index (χ0n) is 14.5. The van der Waals surface area contributed by atoms with Crippen molar-refractivity contribution in [1.82, 2.24) is 0 Å². The van der Waals surface area contributed by atoms with E-state index in [0.29, 0.717) is 0 Å². The summed E-state index contributed by atoms with van der Waals surface area (Å²) in [6, 6.07) is 3.94. The zero-order valence-corrected chi connectivity index (χ0v) is 15.5. The van der Waals surface area contributed by atoms with Gasteiger partial charge >= 0.3 is 0 Å². The molecule has 0 nitrogen and oxygen atoms in total. The first-order chi connectivity index (χ1) is 10.7. The van der Waals surface area contributed by atoms with Crippen molar-refractivity contribution >= 4 is 8.07 Å². The Hall–Kier alpha value is -0.923. The molecule has 0 amide bonds. The minimum absolute atomic E-state index is 0.824. The summed E-state index contributed by atoms with van der Waals surface area (Å²) < 4.78 is 0. The van der Waals surface area contributed by atoms with E-state index in [4.69, 9.17) is 0 Å². The molecule has 4 rings (SSSR count). The van der Waals surface area contributed by atoms with Crippen molar-refractivity contribution in [2.75, 3.05) is 0 Å². The van der Waals surface area contributed by atoms with Crippen LogP contribution in [-0.2, 0) is 0 Å². The van der Waals surface area contributed by atoms with Gasteiger partial charge in [0.05, 0.1) is 8.07 Å². The van der Waals surface area contributed by atoms with Gasteiger partial charge in [0.1, 0.15) is 0 Å². The lowest BCUT2D eigenvalue weighted by Gasteiger charge is -2.50. The Bertz CT molecular complexity index is 543. The molecule has 22 heavy (non-hydrogen) atoms. The van der Waals surface area contributed by atoms with Gasteiger partial charge in [0.25, 0.3) is 0 Å². The van der Waals surface area contributed by atoms with Crippen LogP contribution in [0.5, 0.6) is 0 Å². The van der Waals surface area contributed by atoms with Crippen LogP contribution in [0.4, 0.5) is 0 Å². The van der Waals surface area contributed by atoms with E-state index in [-0.39, 0.29) is 0 Å². The minimum Gasteiger partial charge on any atom is -0.0695 e. The fraction of sp³-hybridized carbons (Fsp3) is 0.714. The quantitative estimate of drug-likeness (QED) is 0.439. The van der Waals surface area contributed by atoms with Crippen LogP contribution in [0.15, 0.2) is 34.2 Å². The van der Waals surface area contributed by atoms with Gasteiger partial charge in [0.2, 0.25) is 0 Å². The van der Waals surface area contributed by atoms with Gasteiger partial charge < -0.3 is 0 Å². The Balaban J connectivity index is 1.85. The Morgan fingerprint density at radius 1 is 0.864 bits per heavy atom. The molecule has 4 fully saturated rings. The zero-order chi connectivity index (χ0) is 15.6. The summed E-state index contributed by atoms with van der Waals surface area (Å²) in [5.74, 6) is 3.70. The monoisotopic (exact) mass is 310 g/mol. The minimum atomic E-state index is -1.21. The summed E-state index contributed by atoms with van der Waals surface area (Å²) in [4.78, 5) is 0. The van der Waals surface area contributed by atoms with Gasteiger partial charge in [-0.2, -0.15) is 0 Å². The molecular weight excluding hydrogens is 280 g/mol. The maximum absolute atomic E-state index is 3.49. The number of hydrogen-bond donors (Lipinski definition) is 0. The van der Waals surface area contributed by atoms with E-state index in [9.17, 15) is 0 Å². The summed E-state index contributed by atoms with van der Waals surface area (Å²) in [6.07, 6.45) is 7.21. The predicted molar refractivity (Wildman–Crippen MR) is 96.4 cm³/mol. The molecule has 0 heterocycles. The summed E-state index contributed by atoms with van der Waals surface area (Å²) in [6.45, 7) is 6.98. The standard InChI is InChI=1S/C21H30Si/c1-4-22(5-2,6-3)11-9-7-8-10-21-19-13-17-12-18(15-19)16-20(21)14-17/h11,17-20H,4-6,12-16H2,1-3H3. The van der Waals surface area contributed by atoms with Gasteiger partial charge in [-0.3, -0.25) is 0 Å². The Kier molecular flexibility index (Phi) is 4.84. The lowest BCUT2D eigenvalue weighted by atomic mass is 9.54. The third kappa shape index (κ3) is 3.07. The van der Waals surface area contributed by atoms with E-state index in [1.807, 2.05) is 0 Å². The van der Waals surface area contributed by atoms with Gasteiger partial charge in [-0.15, -0.1) is 0 Å². The third-order valence-corrected chi connectivity index (χ3v) is 11.8. The third-order valence-electron chi connectivity index (χ3n) is 6.85. The first-order valence-corrected chi connectivity index (χ1v) is 12.1. The second-order valence-electron chi connectivity index (χ2n) is 7.85. The van der Waals surface area contributed by atoms with Gasteiger partial charge in [-0.25, -0.2) is 0 Å². The highest BCUT2D eigenvalue weighted by Gasteiger charge is 2.45. The molecule has 0 atom stereocenters. The van der Waals surface area contributed by atoms with E-state index in [1.165, 1.54) is 50.2 Å². The van der Waals surface area contributed by atoms with Crippen molar-refractivity contribution in [3.63, 3.8) is 0 Å². The summed E-state index contributed by atoms with van der Waals surface area (Å²) in [5.41, 5.74) is 17.1. The Morgan fingerprint density at radius 3 is 1.91 bits per heavy atom. The highest BCUT2D eigenvalue weighted by molar-refractivity contribution is 6.84. The largest absolute Gasteiger partial charge is 0.0873 e. The summed E-state index contributed by atoms with van der Waals surface area (Å²) in [7, 11) is -1.21. The van der Waals surface area contributed by atoms with E-state index in [0.717, 1.165) is 23.7 Å². The van der Waals surface area contributed by atoms with Crippen LogP contribution in [-0.4, -0.2) is 8.07 Å². The summed E-state index contributed by atoms with van der Waals surface area (Å²) >= 11 is 0. The first kappa shape index (κ1) is 16.0. The fourth-order valence-corrected chi connectivity index (χ4v) is 7.77. The maximum Gasteiger partial charge on any atom is 0.0873 e. The van der Waals surface area contributed by atoms with E-state index >= 15 is 0 Å². The van der Waals surface area contributed by atoms with Gasteiger partial charge in [-0.05, 0) is 78.5 Å². The molecule has 4 bridgehead atoms. The van der Waals surface area contributed by atoms with Crippen LogP contribution >= 0.6 is 0 Å². The van der Waals surface area contributed by atoms with Gasteiger partial charge in [0, 0.05) is 0 Å². The van der Waals surface area contributed by atoms with Crippen LogP contribution in [0.2, 0.25) is 18.1 Å². The van der Waals surface area contributed by atoms with Crippen molar-refractivity contribution in [1.29, 1.82) is 0 Å². The second kappa shape index (κ2) is 6.68. The molecule has 4 aliphatic rings. The molecule has 0 aromatic carbocycles. The molecule has 118 valence electrons. The SMILES string of the molecule is CC[Si](C=C=C=C=C=C1C2CC3CC(C2)CC1C3)(CC)CC. The van der Waals surface area contributed by atoms with Crippen molar-refractivity contribution < 1.29 is 0 Å². The molecule has 0 saturated heterocycles. The smallest absolute Gasteiger partial charge is 0.0695 e. The number of allylic oxidation sites excluding steroid dienone is 1. The molecule has 4 aliphatic carbocycles. The van der Waals surface area contributed by atoms with Crippen molar-refractivity contribution in [2.24, 2.45) is 23.7 Å². The molecule has 4 saturated carbocycles. The van der Waals surface area contributed by atoms with Crippen LogP contribution in [0.1, 0.15) is 52.9 Å². The van der Waals surface area contributed by atoms with Crippen LogP contribution in [0.25, 0.3) is 0 Å². The van der Waals surface area contributed by atoms with Gasteiger partial charge in [-0.1, -0.05) is 50.4 Å². The van der Waals surface area contributed by atoms with E-state index in [1.54, 1.807) is 5.57 Å². The van der Waals surface area contributed by atoms with Crippen molar-refractivity contribution in [2.45, 2.75) is 71.0 Å². The van der Waals surface area contributed by atoms with E-state index in [2.05, 4.69) is 49.4 Å². The van der Waals surface area contributed by atoms with E-state index < -0.39 is 8.07 Å². The maximum atomic E-state index is 3.49. The second-order valence-corrected chi connectivity index (χ2v) is 13.0. The van der Waals surface area contributed by atoms with Crippen molar-refractivity contribution in [3.8, 4) is 0 Å². The molecule has 0 aliphatic heterocycles. The molecule has 1 heteroatoms. The first-order valence-electron chi connectivity index (χ1n) is 9.42. The average Bonchev–Trinajstić information content (AvgIpc) is 2.53. The van der Waals surface area contributed by atoms with Crippen LogP contribution in [0.3, 0.4) is 0 Å². The Labute approximate surface area is 137 Å². The lowest BCUT2D eigenvalue weighted by molar-refractivity contribution is 0.0700. The van der Waals surface area contributed by atoms with Crippen LogP contribution in [0, 0.1) is 23.7 Å². The average molecular weight is 311 g/mol. The molecule has 0 aromatic heterocycles. The molecule has 0 spiro atoms. The Morgan fingerprint density at radius 2 is 1.41 bits per heavy atom. The molecule has 0 aromatic rings. The topological polar surface area (TPSA) is 0 Å². The molecule has 0 radical (unpaired) electrons. The highest BCUT2D eigenvalue weighted by Crippen LogP contribution is 2.55. The van der Waals surface area contributed by atoms with Gasteiger partial charge in [0.15, 0.2) is 0 Å². The highest BCUT2D eigenvalue weighted by atomic mass is 28.3. The molecular formula is C21H30Si. The summed E-state index contributed by atoms with van der Waals surface area (Å²) in [5, 5.41) is 0. The molecule has 0 N–H and O–H groups in total. The van der Waals surface area contributed by atoms with Crippen molar-refractivity contribution in [3.05, 3.63) is 34.2 Å². The van der Waals surface area contributed by atoms with Crippen LogP contribution < -0.4 is 0 Å². The predicted octanol–water partition coefficient (Wildman–Crippen LogP) is 6.04. The number of hydrogen-bond acceptors (Lipinski definition) is 0. The normalized spacial score (nSPS) is 32.0.